The van der Waals surface area contributed by atoms with Crippen molar-refractivity contribution in [2.24, 2.45) is 0 Å². The zero-order chi connectivity index (χ0) is 20.3. The Balaban J connectivity index is 1.72. The lowest BCUT2D eigenvalue weighted by molar-refractivity contribution is -0.179. The number of likely N-dealkylation sites (N-methyl/N-ethyl adjacent to an activating group) is 1. The van der Waals surface area contributed by atoms with E-state index >= 15 is 0 Å². The van der Waals surface area contributed by atoms with Gasteiger partial charge in [0.1, 0.15) is 6.10 Å². The van der Waals surface area contributed by atoms with E-state index in [2.05, 4.69) is 18.9 Å². The van der Waals surface area contributed by atoms with Crippen molar-refractivity contribution in [2.45, 2.75) is 62.8 Å². The molecule has 2 aromatic rings. The van der Waals surface area contributed by atoms with Gasteiger partial charge in [0, 0.05) is 18.7 Å². The average molecular weight is 394 g/mol. The third-order valence-corrected chi connectivity index (χ3v) is 6.54. The Morgan fingerprint density at radius 2 is 1.55 bits per heavy atom. The van der Waals surface area contributed by atoms with E-state index in [-0.39, 0.29) is 12.1 Å². The molecule has 2 bridgehead atoms. The Morgan fingerprint density at radius 1 is 0.966 bits per heavy atom. The average Bonchev–Trinajstić information content (AvgIpc) is 2.99. The first-order chi connectivity index (χ1) is 14.2. The number of esters is 1. The quantitative estimate of drug-likeness (QED) is 0.648. The van der Waals surface area contributed by atoms with Gasteiger partial charge in [0.25, 0.3) is 0 Å². The van der Waals surface area contributed by atoms with Gasteiger partial charge < -0.3 is 9.47 Å². The highest BCUT2D eigenvalue weighted by molar-refractivity contribution is 5.86. The van der Waals surface area contributed by atoms with Crippen LogP contribution in [0.15, 0.2) is 60.7 Å². The Kier molecular flexibility index (Phi) is 6.02. The van der Waals surface area contributed by atoms with Crippen LogP contribution in [-0.2, 0) is 19.9 Å². The van der Waals surface area contributed by atoms with Crippen LogP contribution in [0.25, 0.3) is 0 Å². The molecule has 0 N–H and O–H groups in total. The van der Waals surface area contributed by atoms with E-state index in [9.17, 15) is 4.79 Å². The minimum absolute atomic E-state index is 0.0803. The maximum atomic E-state index is 13.9. The predicted octanol–water partition coefficient (Wildman–Crippen LogP) is 4.53. The summed E-state index contributed by atoms with van der Waals surface area (Å²) in [7, 11) is 2.16. The molecule has 0 saturated carbocycles. The topological polar surface area (TPSA) is 38.8 Å². The van der Waals surface area contributed by atoms with E-state index < -0.39 is 5.60 Å². The third-order valence-electron chi connectivity index (χ3n) is 6.54. The molecule has 29 heavy (non-hydrogen) atoms. The molecule has 3 atom stereocenters. The lowest BCUT2D eigenvalue weighted by atomic mass is 9.85. The molecule has 2 aromatic carbocycles. The summed E-state index contributed by atoms with van der Waals surface area (Å²) in [5.41, 5.74) is 0.392. The Bertz CT molecular complexity index is 768. The van der Waals surface area contributed by atoms with Crippen LogP contribution < -0.4 is 0 Å². The first kappa shape index (κ1) is 20.1. The summed E-state index contributed by atoms with van der Waals surface area (Å²) in [6.45, 7) is 2.54. The summed E-state index contributed by atoms with van der Waals surface area (Å²) >= 11 is 0. The fourth-order valence-corrected chi connectivity index (χ4v) is 4.97. The van der Waals surface area contributed by atoms with Crippen molar-refractivity contribution in [3.8, 4) is 0 Å². The summed E-state index contributed by atoms with van der Waals surface area (Å²) in [6, 6.07) is 20.5. The number of hydrogen-bond acceptors (Lipinski definition) is 4. The smallest absolute Gasteiger partial charge is 0.348 e. The fourth-order valence-electron chi connectivity index (χ4n) is 4.97. The number of nitrogens with zero attached hydrogens (tertiary/aromatic N) is 1. The van der Waals surface area contributed by atoms with Crippen molar-refractivity contribution in [1.82, 2.24) is 4.90 Å². The van der Waals surface area contributed by atoms with E-state index in [0.717, 1.165) is 36.8 Å². The molecule has 4 nitrogen and oxygen atoms in total. The summed E-state index contributed by atoms with van der Waals surface area (Å²) < 4.78 is 12.6. The van der Waals surface area contributed by atoms with Crippen LogP contribution in [0.2, 0.25) is 0 Å². The molecular formula is C25H31NO3. The molecule has 2 fully saturated rings. The SMILES string of the molecule is CCCOC(C(=O)O[C@H]1CC[C@H]2CC[C@H]1N2C)(c1ccccc1)c1ccccc1. The summed E-state index contributed by atoms with van der Waals surface area (Å²) in [6.07, 6.45) is 5.06. The molecule has 0 aromatic heterocycles. The largest absolute Gasteiger partial charge is 0.458 e. The van der Waals surface area contributed by atoms with Gasteiger partial charge >= 0.3 is 5.97 Å². The van der Waals surface area contributed by atoms with Crippen molar-refractivity contribution in [3.05, 3.63) is 71.8 Å². The highest BCUT2D eigenvalue weighted by Gasteiger charge is 2.48. The molecule has 4 rings (SSSR count). The number of benzene rings is 2. The van der Waals surface area contributed by atoms with Crippen LogP contribution >= 0.6 is 0 Å². The molecule has 154 valence electrons. The highest BCUT2D eigenvalue weighted by atomic mass is 16.6. The summed E-state index contributed by atoms with van der Waals surface area (Å²) in [5.74, 6) is -0.299. The van der Waals surface area contributed by atoms with Crippen molar-refractivity contribution in [3.63, 3.8) is 0 Å². The zero-order valence-corrected chi connectivity index (χ0v) is 17.4. The molecule has 0 spiro atoms. The lowest BCUT2D eigenvalue weighted by Crippen LogP contribution is -2.50. The molecule has 4 heteroatoms. The molecule has 2 saturated heterocycles. The van der Waals surface area contributed by atoms with Crippen LogP contribution in [-0.4, -0.2) is 42.7 Å². The summed E-state index contributed by atoms with van der Waals surface area (Å²) in [5, 5.41) is 0. The number of piperidine rings is 1. The number of ether oxygens (including phenoxy) is 2. The van der Waals surface area contributed by atoms with Gasteiger partial charge in [0.05, 0.1) is 0 Å². The summed E-state index contributed by atoms with van der Waals surface area (Å²) in [4.78, 5) is 16.3. The third kappa shape index (κ3) is 3.72. The lowest BCUT2D eigenvalue weighted by Gasteiger charge is -2.39. The van der Waals surface area contributed by atoms with E-state index in [1.165, 1.54) is 6.42 Å². The molecular weight excluding hydrogens is 362 g/mol. The van der Waals surface area contributed by atoms with Gasteiger partial charge in [0.2, 0.25) is 5.60 Å². The second-order valence-electron chi connectivity index (χ2n) is 8.25. The molecule has 2 aliphatic rings. The van der Waals surface area contributed by atoms with Gasteiger partial charge in [0.15, 0.2) is 0 Å². The molecule has 0 aliphatic carbocycles. The van der Waals surface area contributed by atoms with Crippen LogP contribution in [0.3, 0.4) is 0 Å². The Hall–Kier alpha value is -2.17. The number of fused-ring (bicyclic) bond motifs is 2. The first-order valence-electron chi connectivity index (χ1n) is 10.8. The minimum atomic E-state index is -1.24. The maximum Gasteiger partial charge on any atom is 0.348 e. The van der Waals surface area contributed by atoms with E-state index in [0.29, 0.717) is 18.7 Å². The van der Waals surface area contributed by atoms with Gasteiger partial charge in [-0.05, 0) is 50.3 Å². The van der Waals surface area contributed by atoms with Crippen LogP contribution in [0.5, 0.6) is 0 Å². The van der Waals surface area contributed by atoms with E-state index in [1.807, 2.05) is 60.7 Å². The van der Waals surface area contributed by atoms with Crippen molar-refractivity contribution in [1.29, 1.82) is 0 Å². The Morgan fingerprint density at radius 3 is 2.14 bits per heavy atom. The van der Waals surface area contributed by atoms with Crippen LogP contribution in [0, 0.1) is 0 Å². The number of hydrogen-bond donors (Lipinski definition) is 0. The Labute approximate surface area is 173 Å². The normalized spacial score (nSPS) is 24.4. The number of carbonyl (C=O) groups is 1. The zero-order valence-electron chi connectivity index (χ0n) is 17.4. The van der Waals surface area contributed by atoms with Gasteiger partial charge in [-0.25, -0.2) is 4.79 Å². The molecule has 2 heterocycles. The van der Waals surface area contributed by atoms with E-state index in [1.54, 1.807) is 0 Å². The number of carbonyl (C=O) groups excluding carboxylic acids is 1. The standard InChI is InChI=1S/C25H31NO3/c1-3-18-28-25(19-10-6-4-7-11-19,20-12-8-5-9-13-20)24(27)29-23-17-15-21-14-16-22(23)26(21)2/h4-13,21-23H,3,14-18H2,1-2H3/t21-,22-,23+/m1/s1. The number of rotatable bonds is 7. The molecule has 0 radical (unpaired) electrons. The monoisotopic (exact) mass is 393 g/mol. The van der Waals surface area contributed by atoms with E-state index in [4.69, 9.17) is 9.47 Å². The fraction of sp³-hybridized carbons (Fsp3) is 0.480. The van der Waals surface area contributed by atoms with Gasteiger partial charge in [-0.1, -0.05) is 67.6 Å². The molecule has 0 amide bonds. The first-order valence-corrected chi connectivity index (χ1v) is 10.8. The van der Waals surface area contributed by atoms with Crippen LogP contribution in [0.1, 0.15) is 50.2 Å². The predicted molar refractivity (Wildman–Crippen MR) is 114 cm³/mol. The minimum Gasteiger partial charge on any atom is -0.458 e. The van der Waals surface area contributed by atoms with Crippen molar-refractivity contribution < 1.29 is 14.3 Å². The molecule has 0 unspecified atom stereocenters. The van der Waals surface area contributed by atoms with Gasteiger partial charge in [-0.2, -0.15) is 0 Å². The second-order valence-corrected chi connectivity index (χ2v) is 8.25. The van der Waals surface area contributed by atoms with Crippen LogP contribution in [0.4, 0.5) is 0 Å². The second kappa shape index (κ2) is 8.68. The highest BCUT2D eigenvalue weighted by Crippen LogP contribution is 2.40. The molecule has 2 aliphatic heterocycles. The van der Waals surface area contributed by atoms with Gasteiger partial charge in [-0.3, -0.25) is 4.90 Å². The van der Waals surface area contributed by atoms with Gasteiger partial charge in [-0.15, -0.1) is 0 Å². The van der Waals surface area contributed by atoms with Crippen molar-refractivity contribution in [2.75, 3.05) is 13.7 Å². The maximum absolute atomic E-state index is 13.9. The van der Waals surface area contributed by atoms with Crippen molar-refractivity contribution >= 4 is 5.97 Å².